The Balaban J connectivity index is 1.68. The van der Waals surface area contributed by atoms with Crippen LogP contribution >= 0.6 is 0 Å². The van der Waals surface area contributed by atoms with Gasteiger partial charge in [-0.05, 0) is 19.4 Å². The van der Waals surface area contributed by atoms with E-state index < -0.39 is 0 Å². The number of imidazole rings is 1. The minimum Gasteiger partial charge on any atom is -0.338 e. The van der Waals surface area contributed by atoms with Gasteiger partial charge in [-0.2, -0.15) is 0 Å². The van der Waals surface area contributed by atoms with Crippen LogP contribution in [0.1, 0.15) is 18.7 Å². The van der Waals surface area contributed by atoms with Crippen LogP contribution in [-0.2, 0) is 13.5 Å². The molecule has 1 fully saturated rings. The summed E-state index contributed by atoms with van der Waals surface area (Å²) in [6.45, 7) is 3.31. The Labute approximate surface area is 91.1 Å². The first-order valence-electron chi connectivity index (χ1n) is 5.76. The van der Waals surface area contributed by atoms with Crippen LogP contribution in [0.5, 0.6) is 0 Å². The van der Waals surface area contributed by atoms with E-state index in [-0.39, 0.29) is 0 Å². The molecule has 0 aromatic carbocycles. The van der Waals surface area contributed by atoms with E-state index in [0.717, 1.165) is 25.3 Å². The molecule has 4 nitrogen and oxygen atoms in total. The van der Waals surface area contributed by atoms with Crippen molar-refractivity contribution in [2.45, 2.75) is 25.3 Å². The first kappa shape index (κ1) is 10.6. The zero-order chi connectivity index (χ0) is 10.5. The summed E-state index contributed by atoms with van der Waals surface area (Å²) >= 11 is 0. The number of aryl methyl sites for hydroxylation is 1. The van der Waals surface area contributed by atoms with Crippen LogP contribution in [-0.4, -0.2) is 35.2 Å². The van der Waals surface area contributed by atoms with Crippen molar-refractivity contribution in [3.63, 3.8) is 0 Å². The van der Waals surface area contributed by atoms with E-state index >= 15 is 0 Å². The summed E-state index contributed by atoms with van der Waals surface area (Å²) in [7, 11) is 2.05. The van der Waals surface area contributed by atoms with Gasteiger partial charge >= 0.3 is 0 Å². The van der Waals surface area contributed by atoms with Gasteiger partial charge in [-0.1, -0.05) is 0 Å². The molecule has 0 saturated carbocycles. The largest absolute Gasteiger partial charge is 0.338 e. The lowest BCUT2D eigenvalue weighted by Crippen LogP contribution is -2.43. The second kappa shape index (κ2) is 5.28. The van der Waals surface area contributed by atoms with Crippen molar-refractivity contribution in [2.24, 2.45) is 7.05 Å². The van der Waals surface area contributed by atoms with Crippen molar-refractivity contribution in [3.8, 4) is 0 Å². The smallest absolute Gasteiger partial charge is 0.109 e. The number of nitrogens with zero attached hydrogens (tertiary/aromatic N) is 2. The van der Waals surface area contributed by atoms with Gasteiger partial charge in [0.15, 0.2) is 0 Å². The van der Waals surface area contributed by atoms with E-state index in [4.69, 9.17) is 0 Å². The molecule has 84 valence electrons. The van der Waals surface area contributed by atoms with Crippen molar-refractivity contribution in [1.29, 1.82) is 0 Å². The molecule has 1 aromatic heterocycles. The predicted molar refractivity (Wildman–Crippen MR) is 60.8 cm³/mol. The third-order valence-corrected chi connectivity index (χ3v) is 3.00. The van der Waals surface area contributed by atoms with E-state index in [0.29, 0.717) is 6.04 Å². The summed E-state index contributed by atoms with van der Waals surface area (Å²) in [5.41, 5.74) is 0. The van der Waals surface area contributed by atoms with Gasteiger partial charge in [-0.3, -0.25) is 0 Å². The molecule has 0 aliphatic carbocycles. The van der Waals surface area contributed by atoms with Crippen LogP contribution < -0.4 is 10.6 Å². The maximum absolute atomic E-state index is 4.31. The minimum atomic E-state index is 0.652. The molecule has 1 saturated heterocycles. The number of rotatable bonds is 4. The SMILES string of the molecule is Cn1ccnc1CCNC1CCCNC1. The molecule has 1 atom stereocenters. The Bertz CT molecular complexity index is 289. The molecule has 1 unspecified atom stereocenters. The summed E-state index contributed by atoms with van der Waals surface area (Å²) in [4.78, 5) is 4.31. The van der Waals surface area contributed by atoms with Crippen LogP contribution in [0, 0.1) is 0 Å². The number of hydrogen-bond donors (Lipinski definition) is 2. The highest BCUT2D eigenvalue weighted by Crippen LogP contribution is 2.01. The summed E-state index contributed by atoms with van der Waals surface area (Å²) in [6, 6.07) is 0.652. The molecule has 0 radical (unpaired) electrons. The maximum Gasteiger partial charge on any atom is 0.109 e. The van der Waals surface area contributed by atoms with Crippen molar-refractivity contribution in [2.75, 3.05) is 19.6 Å². The van der Waals surface area contributed by atoms with Gasteiger partial charge in [0.1, 0.15) is 5.82 Å². The standard InChI is InChI=1S/C11H20N4/c1-15-8-7-14-11(15)4-6-13-10-3-2-5-12-9-10/h7-8,10,12-13H,2-6,9H2,1H3. The lowest BCUT2D eigenvalue weighted by molar-refractivity contribution is 0.390. The van der Waals surface area contributed by atoms with E-state index in [1.165, 1.54) is 19.4 Å². The molecular weight excluding hydrogens is 188 g/mol. The topological polar surface area (TPSA) is 41.9 Å². The summed E-state index contributed by atoms with van der Waals surface area (Å²) in [6.07, 6.45) is 7.46. The van der Waals surface area contributed by atoms with Gasteiger partial charge in [-0.25, -0.2) is 4.98 Å². The molecule has 15 heavy (non-hydrogen) atoms. The van der Waals surface area contributed by atoms with E-state index in [1.54, 1.807) is 0 Å². The molecule has 1 aliphatic heterocycles. The molecular formula is C11H20N4. The molecule has 0 amide bonds. The van der Waals surface area contributed by atoms with Crippen molar-refractivity contribution in [1.82, 2.24) is 20.2 Å². The van der Waals surface area contributed by atoms with Gasteiger partial charge in [0.2, 0.25) is 0 Å². The Kier molecular flexibility index (Phi) is 3.75. The molecule has 2 heterocycles. The lowest BCUT2D eigenvalue weighted by atomic mass is 10.1. The van der Waals surface area contributed by atoms with Crippen LogP contribution in [0.25, 0.3) is 0 Å². The third kappa shape index (κ3) is 3.04. The zero-order valence-electron chi connectivity index (χ0n) is 9.37. The fourth-order valence-corrected chi connectivity index (χ4v) is 2.05. The number of piperidine rings is 1. The van der Waals surface area contributed by atoms with Crippen LogP contribution in [0.4, 0.5) is 0 Å². The third-order valence-electron chi connectivity index (χ3n) is 3.00. The average molecular weight is 208 g/mol. The summed E-state index contributed by atoms with van der Waals surface area (Å²) in [5.74, 6) is 1.16. The molecule has 1 aliphatic rings. The number of nitrogens with one attached hydrogen (secondary N) is 2. The number of hydrogen-bond acceptors (Lipinski definition) is 3. The van der Waals surface area contributed by atoms with Gasteiger partial charge < -0.3 is 15.2 Å². The van der Waals surface area contributed by atoms with Crippen molar-refractivity contribution < 1.29 is 0 Å². The quantitative estimate of drug-likeness (QED) is 0.748. The predicted octanol–water partition coefficient (Wildman–Crippen LogP) is 0.304. The van der Waals surface area contributed by atoms with Crippen molar-refractivity contribution >= 4 is 0 Å². The first-order chi connectivity index (χ1) is 7.36. The van der Waals surface area contributed by atoms with E-state index in [2.05, 4.69) is 20.2 Å². The highest BCUT2D eigenvalue weighted by molar-refractivity contribution is 4.92. The van der Waals surface area contributed by atoms with Crippen LogP contribution in [0.2, 0.25) is 0 Å². The lowest BCUT2D eigenvalue weighted by Gasteiger charge is -2.23. The number of aromatic nitrogens is 2. The van der Waals surface area contributed by atoms with Gasteiger partial charge in [0.25, 0.3) is 0 Å². The highest BCUT2D eigenvalue weighted by atomic mass is 15.0. The summed E-state index contributed by atoms with van der Waals surface area (Å²) in [5, 5.41) is 6.98. The highest BCUT2D eigenvalue weighted by Gasteiger charge is 2.11. The first-order valence-corrected chi connectivity index (χ1v) is 5.76. The molecule has 4 heteroatoms. The van der Waals surface area contributed by atoms with Crippen LogP contribution in [0.15, 0.2) is 12.4 Å². The van der Waals surface area contributed by atoms with E-state index in [1.807, 2.05) is 19.4 Å². The van der Waals surface area contributed by atoms with Gasteiger partial charge in [0.05, 0.1) is 0 Å². The van der Waals surface area contributed by atoms with Crippen molar-refractivity contribution in [3.05, 3.63) is 18.2 Å². The molecule has 0 spiro atoms. The minimum absolute atomic E-state index is 0.652. The summed E-state index contributed by atoms with van der Waals surface area (Å²) < 4.78 is 2.08. The maximum atomic E-state index is 4.31. The van der Waals surface area contributed by atoms with Gasteiger partial charge in [-0.15, -0.1) is 0 Å². The fourth-order valence-electron chi connectivity index (χ4n) is 2.05. The molecule has 2 rings (SSSR count). The Morgan fingerprint density at radius 2 is 2.60 bits per heavy atom. The van der Waals surface area contributed by atoms with E-state index in [9.17, 15) is 0 Å². The second-order valence-electron chi connectivity index (χ2n) is 4.20. The van der Waals surface area contributed by atoms with Crippen LogP contribution in [0.3, 0.4) is 0 Å². The average Bonchev–Trinajstić information content (AvgIpc) is 2.66. The Hall–Kier alpha value is -0.870. The Morgan fingerprint density at radius 3 is 3.27 bits per heavy atom. The molecule has 2 N–H and O–H groups in total. The fraction of sp³-hybridized carbons (Fsp3) is 0.727. The monoisotopic (exact) mass is 208 g/mol. The zero-order valence-corrected chi connectivity index (χ0v) is 9.37. The molecule has 0 bridgehead atoms. The second-order valence-corrected chi connectivity index (χ2v) is 4.20. The van der Waals surface area contributed by atoms with Gasteiger partial charge in [0, 0.05) is 45.0 Å². The Morgan fingerprint density at radius 1 is 1.67 bits per heavy atom. The normalized spacial score (nSPS) is 21.8. The molecule has 1 aromatic rings.